The molecule has 2 N–H and O–H groups in total. The number of methoxy groups -OCH3 is 2. The molecule has 0 radical (unpaired) electrons. The fourth-order valence-electron chi connectivity index (χ4n) is 1.86. The van der Waals surface area contributed by atoms with E-state index in [1.165, 1.54) is 0 Å². The molecule has 0 bridgehead atoms. The summed E-state index contributed by atoms with van der Waals surface area (Å²) >= 11 is 0. The zero-order chi connectivity index (χ0) is 15.1. The zero-order valence-electron chi connectivity index (χ0n) is 12.5. The maximum absolute atomic E-state index is 5.32. The van der Waals surface area contributed by atoms with E-state index in [2.05, 4.69) is 20.6 Å². The first kappa shape index (κ1) is 15.1. The molecule has 1 heterocycles. The molecule has 0 fully saturated rings. The van der Waals surface area contributed by atoms with Gasteiger partial charge in [-0.15, -0.1) is 0 Å². The van der Waals surface area contributed by atoms with Gasteiger partial charge < -0.3 is 20.1 Å². The number of benzene rings is 1. The van der Waals surface area contributed by atoms with Crippen molar-refractivity contribution < 1.29 is 9.47 Å². The summed E-state index contributed by atoms with van der Waals surface area (Å²) in [5.74, 6) is 2.05. The number of aryl methyl sites for hydroxylation is 1. The molecule has 0 saturated carbocycles. The van der Waals surface area contributed by atoms with Crippen LogP contribution >= 0.6 is 0 Å². The fourth-order valence-corrected chi connectivity index (χ4v) is 1.86. The van der Waals surface area contributed by atoms with Crippen molar-refractivity contribution in [3.63, 3.8) is 0 Å². The minimum Gasteiger partial charge on any atom is -0.495 e. The summed E-state index contributed by atoms with van der Waals surface area (Å²) in [4.78, 5) is 8.77. The summed E-state index contributed by atoms with van der Waals surface area (Å²) < 4.78 is 10.3. The van der Waals surface area contributed by atoms with Crippen LogP contribution in [0.3, 0.4) is 0 Å². The molecular weight excluding hydrogens is 268 g/mol. The predicted molar refractivity (Wildman–Crippen MR) is 83.4 cm³/mol. The van der Waals surface area contributed by atoms with Crippen molar-refractivity contribution in [2.24, 2.45) is 0 Å². The van der Waals surface area contributed by atoms with Crippen molar-refractivity contribution >= 4 is 17.5 Å². The summed E-state index contributed by atoms with van der Waals surface area (Å²) in [6.07, 6.45) is 0. The van der Waals surface area contributed by atoms with Gasteiger partial charge in [-0.2, -0.15) is 4.98 Å². The summed E-state index contributed by atoms with van der Waals surface area (Å²) in [5, 5.41) is 6.37. The summed E-state index contributed by atoms with van der Waals surface area (Å²) in [5.41, 5.74) is 1.74. The lowest BCUT2D eigenvalue weighted by atomic mass is 10.3. The average molecular weight is 288 g/mol. The topological polar surface area (TPSA) is 68.3 Å². The van der Waals surface area contributed by atoms with Gasteiger partial charge in [-0.1, -0.05) is 12.1 Å². The van der Waals surface area contributed by atoms with E-state index in [4.69, 9.17) is 9.47 Å². The highest BCUT2D eigenvalue weighted by Crippen LogP contribution is 2.26. The molecule has 1 aromatic heterocycles. The van der Waals surface area contributed by atoms with Crippen LogP contribution in [0.2, 0.25) is 0 Å². The second-order valence-corrected chi connectivity index (χ2v) is 4.46. The Morgan fingerprint density at radius 1 is 1.14 bits per heavy atom. The van der Waals surface area contributed by atoms with Crippen molar-refractivity contribution in [1.29, 1.82) is 0 Å². The number of para-hydroxylation sites is 2. The van der Waals surface area contributed by atoms with Gasteiger partial charge in [0.15, 0.2) is 0 Å². The van der Waals surface area contributed by atoms with E-state index in [0.29, 0.717) is 24.9 Å². The van der Waals surface area contributed by atoms with E-state index in [9.17, 15) is 0 Å². The second-order valence-electron chi connectivity index (χ2n) is 4.46. The molecule has 2 rings (SSSR count). The Labute approximate surface area is 124 Å². The highest BCUT2D eigenvalue weighted by Gasteiger charge is 2.05. The van der Waals surface area contributed by atoms with Crippen LogP contribution in [0.25, 0.3) is 0 Å². The molecule has 0 saturated heterocycles. The van der Waals surface area contributed by atoms with Crippen molar-refractivity contribution in [1.82, 2.24) is 9.97 Å². The predicted octanol–water partition coefficient (Wildman–Crippen LogP) is 2.60. The molecule has 0 atom stereocenters. The van der Waals surface area contributed by atoms with Gasteiger partial charge in [-0.3, -0.25) is 0 Å². The SMILES string of the molecule is COCCNc1nc(C)cc(Nc2ccccc2OC)n1. The monoisotopic (exact) mass is 288 g/mol. The minimum absolute atomic E-state index is 0.574. The third kappa shape index (κ3) is 4.32. The Morgan fingerprint density at radius 3 is 2.71 bits per heavy atom. The maximum atomic E-state index is 5.32. The first-order chi connectivity index (χ1) is 10.2. The molecule has 1 aromatic carbocycles. The maximum Gasteiger partial charge on any atom is 0.224 e. The van der Waals surface area contributed by atoms with Crippen LogP contribution in [0.15, 0.2) is 30.3 Å². The Kier molecular flexibility index (Phi) is 5.34. The fraction of sp³-hybridized carbons (Fsp3) is 0.333. The van der Waals surface area contributed by atoms with Crippen molar-refractivity contribution in [2.75, 3.05) is 38.0 Å². The van der Waals surface area contributed by atoms with E-state index >= 15 is 0 Å². The van der Waals surface area contributed by atoms with E-state index in [1.54, 1.807) is 14.2 Å². The Bertz CT molecular complexity index is 590. The number of aromatic nitrogens is 2. The summed E-state index contributed by atoms with van der Waals surface area (Å²) in [6.45, 7) is 3.19. The average Bonchev–Trinajstić information content (AvgIpc) is 2.47. The van der Waals surface area contributed by atoms with Gasteiger partial charge in [-0.25, -0.2) is 4.98 Å². The van der Waals surface area contributed by atoms with Crippen LogP contribution in [-0.2, 0) is 4.74 Å². The molecule has 6 nitrogen and oxygen atoms in total. The third-order valence-corrected chi connectivity index (χ3v) is 2.81. The molecule has 0 spiro atoms. The minimum atomic E-state index is 0.574. The van der Waals surface area contributed by atoms with Crippen LogP contribution < -0.4 is 15.4 Å². The molecule has 0 unspecified atom stereocenters. The Balaban J connectivity index is 2.15. The van der Waals surface area contributed by atoms with Crippen LogP contribution in [0.1, 0.15) is 5.69 Å². The molecule has 2 aromatic rings. The Morgan fingerprint density at radius 2 is 1.95 bits per heavy atom. The smallest absolute Gasteiger partial charge is 0.224 e. The second kappa shape index (κ2) is 7.44. The Hall–Kier alpha value is -2.34. The van der Waals surface area contributed by atoms with Crippen LogP contribution in [-0.4, -0.2) is 37.3 Å². The zero-order valence-corrected chi connectivity index (χ0v) is 12.5. The first-order valence-corrected chi connectivity index (χ1v) is 6.71. The van der Waals surface area contributed by atoms with Crippen LogP contribution in [0.5, 0.6) is 5.75 Å². The van der Waals surface area contributed by atoms with E-state index in [-0.39, 0.29) is 0 Å². The number of hydrogen-bond donors (Lipinski definition) is 2. The van der Waals surface area contributed by atoms with Crippen molar-refractivity contribution in [3.8, 4) is 5.75 Å². The lowest BCUT2D eigenvalue weighted by molar-refractivity contribution is 0.210. The van der Waals surface area contributed by atoms with Gasteiger partial charge in [0.1, 0.15) is 11.6 Å². The highest BCUT2D eigenvalue weighted by atomic mass is 16.5. The van der Waals surface area contributed by atoms with E-state index < -0.39 is 0 Å². The summed E-state index contributed by atoms with van der Waals surface area (Å²) in [7, 11) is 3.30. The number of ether oxygens (including phenoxy) is 2. The third-order valence-electron chi connectivity index (χ3n) is 2.81. The molecule has 0 aliphatic rings. The molecule has 21 heavy (non-hydrogen) atoms. The van der Waals surface area contributed by atoms with Gasteiger partial charge in [0, 0.05) is 25.4 Å². The van der Waals surface area contributed by atoms with Crippen molar-refractivity contribution in [2.45, 2.75) is 6.92 Å². The van der Waals surface area contributed by atoms with Gasteiger partial charge in [-0.05, 0) is 19.1 Å². The molecule has 0 amide bonds. The highest BCUT2D eigenvalue weighted by molar-refractivity contribution is 5.64. The van der Waals surface area contributed by atoms with E-state index in [1.807, 2.05) is 37.3 Å². The molecule has 6 heteroatoms. The van der Waals surface area contributed by atoms with E-state index in [0.717, 1.165) is 17.1 Å². The van der Waals surface area contributed by atoms with Crippen LogP contribution in [0.4, 0.5) is 17.5 Å². The number of rotatable bonds is 7. The number of hydrogen-bond acceptors (Lipinski definition) is 6. The quantitative estimate of drug-likeness (QED) is 0.763. The molecule has 0 aliphatic heterocycles. The van der Waals surface area contributed by atoms with Crippen molar-refractivity contribution in [3.05, 3.63) is 36.0 Å². The van der Waals surface area contributed by atoms with Crippen LogP contribution in [0, 0.1) is 6.92 Å². The lowest BCUT2D eigenvalue weighted by Gasteiger charge is -2.12. The molecular formula is C15H20N4O2. The van der Waals surface area contributed by atoms with Gasteiger partial charge in [0.2, 0.25) is 5.95 Å². The molecule has 0 aliphatic carbocycles. The number of nitrogens with one attached hydrogen (secondary N) is 2. The number of anilines is 3. The van der Waals surface area contributed by atoms with Gasteiger partial charge >= 0.3 is 0 Å². The lowest BCUT2D eigenvalue weighted by Crippen LogP contribution is -2.11. The van der Waals surface area contributed by atoms with Gasteiger partial charge in [0.05, 0.1) is 19.4 Å². The normalized spacial score (nSPS) is 10.2. The molecule has 112 valence electrons. The summed E-state index contributed by atoms with van der Waals surface area (Å²) in [6, 6.07) is 9.58. The van der Waals surface area contributed by atoms with Gasteiger partial charge in [0.25, 0.3) is 0 Å². The number of nitrogens with zero attached hydrogens (tertiary/aromatic N) is 2. The standard InChI is InChI=1S/C15H20N4O2/c1-11-10-14(19-15(17-11)16-8-9-20-2)18-12-6-4-5-7-13(12)21-3/h4-7,10H,8-9H2,1-3H3,(H2,16,17,18,19). The largest absolute Gasteiger partial charge is 0.495 e. The first-order valence-electron chi connectivity index (χ1n) is 6.71.